The maximum absolute atomic E-state index is 12.5. The molecule has 17 heavy (non-hydrogen) atoms. The van der Waals surface area contributed by atoms with Crippen LogP contribution in [0.25, 0.3) is 0 Å². The van der Waals surface area contributed by atoms with E-state index in [0.29, 0.717) is 0 Å². The molecule has 0 spiro atoms. The van der Waals surface area contributed by atoms with Crippen molar-refractivity contribution in [3.05, 3.63) is 29.8 Å². The third-order valence-corrected chi connectivity index (χ3v) is 5.20. The lowest BCUT2D eigenvalue weighted by atomic mass is 9.90. The summed E-state index contributed by atoms with van der Waals surface area (Å²) >= 11 is 0. The molecule has 0 aliphatic heterocycles. The number of rotatable bonds is 2. The smallest absolute Gasteiger partial charge is 0.0668 e. The Kier molecular flexibility index (Phi) is 3.96. The van der Waals surface area contributed by atoms with Gasteiger partial charge in [0, 0.05) is 4.90 Å². The number of nitriles is 1. The van der Waals surface area contributed by atoms with Gasteiger partial charge in [-0.15, -0.1) is 0 Å². The first kappa shape index (κ1) is 12.3. The van der Waals surface area contributed by atoms with E-state index in [-0.39, 0.29) is 11.2 Å². The van der Waals surface area contributed by atoms with Gasteiger partial charge in [0.15, 0.2) is 0 Å². The van der Waals surface area contributed by atoms with Crippen molar-refractivity contribution < 1.29 is 4.21 Å². The van der Waals surface area contributed by atoms with Crippen molar-refractivity contribution in [2.75, 3.05) is 0 Å². The summed E-state index contributed by atoms with van der Waals surface area (Å²) in [5.41, 5.74) is 1.13. The first-order chi connectivity index (χ1) is 8.22. The zero-order chi connectivity index (χ0) is 12.3. The molecule has 0 saturated heterocycles. The van der Waals surface area contributed by atoms with Gasteiger partial charge < -0.3 is 0 Å². The quantitative estimate of drug-likeness (QED) is 0.805. The molecule has 1 saturated carbocycles. The van der Waals surface area contributed by atoms with Crippen LogP contribution in [0.2, 0.25) is 0 Å². The molecule has 1 aromatic rings. The topological polar surface area (TPSA) is 40.9 Å². The van der Waals surface area contributed by atoms with Crippen molar-refractivity contribution in [1.82, 2.24) is 0 Å². The standard InChI is InChI=1S/C14H17NOS/c1-11-5-4-7-13(9-11)17(16)14-8-3-2-6-12(14)10-15/h4-5,7,9,12,14H,2-3,6,8H2,1H3. The number of aryl methyl sites for hydroxylation is 1. The molecule has 1 aromatic carbocycles. The molecule has 0 amide bonds. The molecule has 0 radical (unpaired) electrons. The molecule has 3 atom stereocenters. The summed E-state index contributed by atoms with van der Waals surface area (Å²) in [6, 6.07) is 10.1. The minimum Gasteiger partial charge on any atom is -0.254 e. The zero-order valence-corrected chi connectivity index (χ0v) is 10.9. The van der Waals surface area contributed by atoms with Crippen molar-refractivity contribution in [3.63, 3.8) is 0 Å². The second kappa shape index (κ2) is 5.46. The molecular formula is C14H17NOS. The normalized spacial score (nSPS) is 26.1. The average Bonchev–Trinajstić information content (AvgIpc) is 2.38. The molecule has 0 bridgehead atoms. The second-order valence-electron chi connectivity index (χ2n) is 4.67. The maximum Gasteiger partial charge on any atom is 0.0668 e. The minimum absolute atomic E-state index is 0.0237. The maximum atomic E-state index is 12.5. The molecule has 1 aliphatic rings. The Balaban J connectivity index is 2.22. The Bertz CT molecular complexity index is 464. The summed E-state index contributed by atoms with van der Waals surface area (Å²) in [7, 11) is -1.03. The summed E-state index contributed by atoms with van der Waals surface area (Å²) in [5.74, 6) is -0.0369. The number of hydrogen-bond acceptors (Lipinski definition) is 2. The van der Waals surface area contributed by atoms with Crippen molar-refractivity contribution in [1.29, 1.82) is 5.26 Å². The number of benzene rings is 1. The Morgan fingerprint density at radius 2 is 2.12 bits per heavy atom. The lowest BCUT2D eigenvalue weighted by Gasteiger charge is -2.25. The van der Waals surface area contributed by atoms with Gasteiger partial charge >= 0.3 is 0 Å². The van der Waals surface area contributed by atoms with Crippen LogP contribution in [0.3, 0.4) is 0 Å². The lowest BCUT2D eigenvalue weighted by molar-refractivity contribution is 0.431. The van der Waals surface area contributed by atoms with E-state index in [2.05, 4.69) is 6.07 Å². The highest BCUT2D eigenvalue weighted by atomic mass is 32.2. The Labute approximate surface area is 105 Å². The first-order valence-electron chi connectivity index (χ1n) is 6.09. The highest BCUT2D eigenvalue weighted by Crippen LogP contribution is 2.30. The summed E-state index contributed by atoms with van der Waals surface area (Å²) in [6.45, 7) is 2.00. The van der Waals surface area contributed by atoms with Gasteiger partial charge in [-0.1, -0.05) is 25.0 Å². The van der Waals surface area contributed by atoms with Gasteiger partial charge in [-0.2, -0.15) is 5.26 Å². The largest absolute Gasteiger partial charge is 0.254 e. The second-order valence-corrected chi connectivity index (χ2v) is 6.34. The van der Waals surface area contributed by atoms with Crippen LogP contribution >= 0.6 is 0 Å². The molecule has 1 fully saturated rings. The minimum atomic E-state index is -1.03. The van der Waals surface area contributed by atoms with Crippen LogP contribution in [0, 0.1) is 24.2 Å². The van der Waals surface area contributed by atoms with Gasteiger partial charge in [0.1, 0.15) is 0 Å². The Morgan fingerprint density at radius 1 is 1.35 bits per heavy atom. The van der Waals surface area contributed by atoms with Crippen molar-refractivity contribution >= 4 is 10.8 Å². The van der Waals surface area contributed by atoms with Gasteiger partial charge in [0.25, 0.3) is 0 Å². The summed E-state index contributed by atoms with van der Waals surface area (Å²) < 4.78 is 12.5. The molecule has 1 aliphatic carbocycles. The lowest BCUT2D eigenvalue weighted by Crippen LogP contribution is -2.28. The van der Waals surface area contributed by atoms with Crippen LogP contribution in [0.5, 0.6) is 0 Å². The Morgan fingerprint density at radius 3 is 2.82 bits per heavy atom. The molecule has 90 valence electrons. The number of nitrogens with zero attached hydrogens (tertiary/aromatic N) is 1. The molecular weight excluding hydrogens is 230 g/mol. The van der Waals surface area contributed by atoms with Gasteiger partial charge in [0.2, 0.25) is 0 Å². The van der Waals surface area contributed by atoms with Crippen LogP contribution < -0.4 is 0 Å². The van der Waals surface area contributed by atoms with Gasteiger partial charge in [0.05, 0.1) is 28.0 Å². The molecule has 0 heterocycles. The van der Waals surface area contributed by atoms with Crippen LogP contribution in [-0.4, -0.2) is 9.46 Å². The van der Waals surface area contributed by atoms with Crippen LogP contribution in [0.15, 0.2) is 29.2 Å². The summed E-state index contributed by atoms with van der Waals surface area (Å²) in [6.07, 6.45) is 4.01. The molecule has 0 aromatic heterocycles. The highest BCUT2D eigenvalue weighted by Gasteiger charge is 2.30. The Hall–Kier alpha value is -1.14. The van der Waals surface area contributed by atoms with Gasteiger partial charge in [-0.3, -0.25) is 4.21 Å². The first-order valence-corrected chi connectivity index (χ1v) is 7.30. The monoisotopic (exact) mass is 247 g/mol. The molecule has 2 nitrogen and oxygen atoms in total. The van der Waals surface area contributed by atoms with Crippen LogP contribution in [0.1, 0.15) is 31.2 Å². The van der Waals surface area contributed by atoms with Crippen LogP contribution in [0.4, 0.5) is 0 Å². The van der Waals surface area contributed by atoms with E-state index in [9.17, 15) is 4.21 Å². The summed E-state index contributed by atoms with van der Waals surface area (Å²) in [5, 5.41) is 9.15. The third-order valence-electron chi connectivity index (χ3n) is 3.37. The highest BCUT2D eigenvalue weighted by molar-refractivity contribution is 7.85. The van der Waals surface area contributed by atoms with Crippen molar-refractivity contribution in [2.45, 2.75) is 42.8 Å². The van der Waals surface area contributed by atoms with E-state index in [1.807, 2.05) is 31.2 Å². The fraction of sp³-hybridized carbons (Fsp3) is 0.500. The van der Waals surface area contributed by atoms with Crippen LogP contribution in [-0.2, 0) is 10.8 Å². The molecule has 3 heteroatoms. The third kappa shape index (κ3) is 2.76. The van der Waals surface area contributed by atoms with E-state index in [4.69, 9.17) is 5.26 Å². The molecule has 0 N–H and O–H groups in total. The zero-order valence-electron chi connectivity index (χ0n) is 10.1. The van der Waals surface area contributed by atoms with E-state index in [1.165, 1.54) is 0 Å². The van der Waals surface area contributed by atoms with Gasteiger partial charge in [-0.25, -0.2) is 0 Å². The van der Waals surface area contributed by atoms with Crippen molar-refractivity contribution in [3.8, 4) is 6.07 Å². The fourth-order valence-corrected chi connectivity index (χ4v) is 4.16. The molecule has 3 unspecified atom stereocenters. The van der Waals surface area contributed by atoms with E-state index < -0.39 is 10.8 Å². The fourth-order valence-electron chi connectivity index (χ4n) is 2.42. The SMILES string of the molecule is Cc1cccc(S(=O)C2CCCCC2C#N)c1. The van der Waals surface area contributed by atoms with E-state index >= 15 is 0 Å². The van der Waals surface area contributed by atoms with Crippen molar-refractivity contribution in [2.24, 2.45) is 5.92 Å². The predicted octanol–water partition coefficient (Wildman–Crippen LogP) is 3.19. The number of hydrogen-bond donors (Lipinski definition) is 0. The predicted molar refractivity (Wildman–Crippen MR) is 68.9 cm³/mol. The summed E-state index contributed by atoms with van der Waals surface area (Å²) in [4.78, 5) is 0.872. The average molecular weight is 247 g/mol. The van der Waals surface area contributed by atoms with Gasteiger partial charge in [-0.05, 0) is 37.5 Å². The van der Waals surface area contributed by atoms with E-state index in [0.717, 1.165) is 36.1 Å². The molecule has 2 rings (SSSR count). The van der Waals surface area contributed by atoms with E-state index in [1.54, 1.807) is 0 Å².